The Hall–Kier alpha value is -1.35. The minimum Gasteiger partial charge on any atom is -0.326 e. The fourth-order valence-electron chi connectivity index (χ4n) is 1.28. The second kappa shape index (κ2) is 4.45. The standard InChI is InChI=1S/C12H18N2O/c1-5-14(3,4)12-8-6-11(7-9-12)13-10(2)15/h5-9H,1-4H3,(H,13,15)/q+1. The summed E-state index contributed by atoms with van der Waals surface area (Å²) in [5.41, 5.74) is 2.02. The quantitative estimate of drug-likeness (QED) is 0.756. The van der Waals surface area contributed by atoms with E-state index in [4.69, 9.17) is 0 Å². The molecule has 1 aromatic carbocycles. The number of carbonyl (C=O) groups excluding carboxylic acids is 1. The van der Waals surface area contributed by atoms with Gasteiger partial charge >= 0.3 is 0 Å². The SMILES string of the molecule is C[CH][N+](C)(C)c1ccc(NC(C)=O)cc1. The summed E-state index contributed by atoms with van der Waals surface area (Å²) in [7, 11) is 4.21. The van der Waals surface area contributed by atoms with E-state index in [9.17, 15) is 4.79 Å². The summed E-state index contributed by atoms with van der Waals surface area (Å²) in [6.45, 7) is 5.64. The third kappa shape index (κ3) is 3.06. The molecule has 15 heavy (non-hydrogen) atoms. The molecule has 0 saturated heterocycles. The lowest BCUT2D eigenvalue weighted by atomic mass is 10.2. The topological polar surface area (TPSA) is 29.1 Å². The number of rotatable bonds is 3. The van der Waals surface area contributed by atoms with Gasteiger partial charge in [-0.25, -0.2) is 0 Å². The molecule has 0 aliphatic carbocycles. The third-order valence-corrected chi connectivity index (χ3v) is 2.50. The van der Waals surface area contributed by atoms with Gasteiger partial charge in [0.2, 0.25) is 5.91 Å². The third-order valence-electron chi connectivity index (χ3n) is 2.50. The van der Waals surface area contributed by atoms with Crippen molar-refractivity contribution in [1.29, 1.82) is 0 Å². The van der Waals surface area contributed by atoms with Gasteiger partial charge in [-0.15, -0.1) is 0 Å². The highest BCUT2D eigenvalue weighted by Gasteiger charge is 2.16. The van der Waals surface area contributed by atoms with Crippen molar-refractivity contribution >= 4 is 17.3 Å². The van der Waals surface area contributed by atoms with Crippen molar-refractivity contribution in [3.05, 3.63) is 30.8 Å². The summed E-state index contributed by atoms with van der Waals surface area (Å²) in [4.78, 5) is 10.8. The molecule has 3 nitrogen and oxygen atoms in total. The molecule has 3 heteroatoms. The van der Waals surface area contributed by atoms with Gasteiger partial charge in [0.05, 0.1) is 14.1 Å². The predicted octanol–water partition coefficient (Wildman–Crippen LogP) is 2.39. The van der Waals surface area contributed by atoms with Gasteiger partial charge in [-0.05, 0) is 19.1 Å². The summed E-state index contributed by atoms with van der Waals surface area (Å²) >= 11 is 0. The first-order valence-corrected chi connectivity index (χ1v) is 4.98. The van der Waals surface area contributed by atoms with Crippen LogP contribution in [0.4, 0.5) is 11.4 Å². The van der Waals surface area contributed by atoms with E-state index in [1.54, 1.807) is 0 Å². The molecular weight excluding hydrogens is 188 g/mol. The summed E-state index contributed by atoms with van der Waals surface area (Å²) < 4.78 is 0.723. The van der Waals surface area contributed by atoms with E-state index in [0.717, 1.165) is 10.2 Å². The zero-order valence-corrected chi connectivity index (χ0v) is 9.74. The molecule has 1 radical (unpaired) electrons. The molecule has 1 aromatic rings. The van der Waals surface area contributed by atoms with E-state index in [-0.39, 0.29) is 5.91 Å². The van der Waals surface area contributed by atoms with E-state index in [1.165, 1.54) is 12.6 Å². The van der Waals surface area contributed by atoms with Gasteiger partial charge in [-0.1, -0.05) is 0 Å². The number of hydrogen-bond donors (Lipinski definition) is 1. The second-order valence-electron chi connectivity index (χ2n) is 4.03. The molecule has 1 amide bonds. The number of carbonyl (C=O) groups is 1. The Balaban J connectivity index is 2.85. The average Bonchev–Trinajstić information content (AvgIpc) is 2.18. The van der Waals surface area contributed by atoms with Crippen LogP contribution in [0.15, 0.2) is 24.3 Å². The zero-order chi connectivity index (χ0) is 11.5. The molecule has 0 spiro atoms. The Labute approximate surface area is 91.3 Å². The minimum absolute atomic E-state index is 0.0430. The molecule has 0 aliphatic heterocycles. The number of anilines is 1. The first-order chi connectivity index (χ1) is 6.95. The Morgan fingerprint density at radius 2 is 1.80 bits per heavy atom. The molecule has 0 aliphatic rings. The van der Waals surface area contributed by atoms with E-state index >= 15 is 0 Å². The van der Waals surface area contributed by atoms with Crippen LogP contribution >= 0.6 is 0 Å². The Morgan fingerprint density at radius 3 is 2.20 bits per heavy atom. The maximum atomic E-state index is 10.8. The highest BCUT2D eigenvalue weighted by Crippen LogP contribution is 2.22. The first kappa shape index (κ1) is 11.7. The smallest absolute Gasteiger partial charge is 0.221 e. The molecule has 0 atom stereocenters. The highest BCUT2D eigenvalue weighted by atomic mass is 16.1. The molecule has 0 fully saturated rings. The van der Waals surface area contributed by atoms with Gasteiger partial charge in [0.15, 0.2) is 0 Å². The lowest BCUT2D eigenvalue weighted by molar-refractivity contribution is -0.114. The van der Waals surface area contributed by atoms with Gasteiger partial charge < -0.3 is 5.32 Å². The molecule has 1 rings (SSSR count). The summed E-state index contributed by atoms with van der Waals surface area (Å²) in [6, 6.07) is 7.87. The van der Waals surface area contributed by atoms with Gasteiger partial charge in [-0.2, -0.15) is 0 Å². The van der Waals surface area contributed by atoms with Crippen molar-refractivity contribution in [2.45, 2.75) is 13.8 Å². The molecule has 81 valence electrons. The fourth-order valence-corrected chi connectivity index (χ4v) is 1.28. The molecule has 0 heterocycles. The number of amides is 1. The zero-order valence-electron chi connectivity index (χ0n) is 9.74. The second-order valence-corrected chi connectivity index (χ2v) is 4.03. The molecular formula is C12H18N2O+. The van der Waals surface area contributed by atoms with Crippen LogP contribution in [0.25, 0.3) is 0 Å². The predicted molar refractivity (Wildman–Crippen MR) is 64.4 cm³/mol. The first-order valence-electron chi connectivity index (χ1n) is 4.98. The van der Waals surface area contributed by atoms with Crippen molar-refractivity contribution in [2.75, 3.05) is 19.4 Å². The van der Waals surface area contributed by atoms with E-state index in [0.29, 0.717) is 0 Å². The van der Waals surface area contributed by atoms with Crippen molar-refractivity contribution in [1.82, 2.24) is 4.48 Å². The largest absolute Gasteiger partial charge is 0.326 e. The van der Waals surface area contributed by atoms with Crippen molar-refractivity contribution in [3.63, 3.8) is 0 Å². The van der Waals surface area contributed by atoms with Crippen LogP contribution < -0.4 is 9.80 Å². The number of benzene rings is 1. The van der Waals surface area contributed by atoms with Crippen molar-refractivity contribution < 1.29 is 4.79 Å². The van der Waals surface area contributed by atoms with Crippen LogP contribution in [0.2, 0.25) is 0 Å². The maximum Gasteiger partial charge on any atom is 0.221 e. The van der Waals surface area contributed by atoms with Gasteiger partial charge in [0, 0.05) is 24.7 Å². The Kier molecular flexibility index (Phi) is 3.48. The Morgan fingerprint density at radius 1 is 1.27 bits per heavy atom. The molecule has 0 unspecified atom stereocenters. The van der Waals surface area contributed by atoms with E-state index < -0.39 is 0 Å². The summed E-state index contributed by atoms with van der Waals surface area (Å²) in [5, 5.41) is 2.75. The molecule has 0 aromatic heterocycles. The van der Waals surface area contributed by atoms with Gasteiger partial charge in [0.1, 0.15) is 12.2 Å². The summed E-state index contributed by atoms with van der Waals surface area (Å²) in [5.74, 6) is -0.0430. The monoisotopic (exact) mass is 206 g/mol. The van der Waals surface area contributed by atoms with Crippen LogP contribution in [0.3, 0.4) is 0 Å². The maximum absolute atomic E-state index is 10.8. The number of nitrogens with one attached hydrogen (secondary N) is 1. The van der Waals surface area contributed by atoms with Crippen LogP contribution in [0.1, 0.15) is 13.8 Å². The van der Waals surface area contributed by atoms with Gasteiger partial charge in [0.25, 0.3) is 0 Å². The molecule has 0 saturated carbocycles. The van der Waals surface area contributed by atoms with Gasteiger partial charge in [-0.3, -0.25) is 9.28 Å². The number of nitrogens with zero attached hydrogens (tertiary/aromatic N) is 1. The van der Waals surface area contributed by atoms with Crippen LogP contribution in [0, 0.1) is 6.54 Å². The highest BCUT2D eigenvalue weighted by molar-refractivity contribution is 5.88. The molecule has 1 N–H and O–H groups in total. The van der Waals surface area contributed by atoms with Crippen molar-refractivity contribution in [3.8, 4) is 0 Å². The number of quaternary nitrogens is 1. The van der Waals surface area contributed by atoms with E-state index in [1.807, 2.05) is 31.2 Å². The van der Waals surface area contributed by atoms with E-state index in [2.05, 4.69) is 26.0 Å². The fraction of sp³-hybridized carbons (Fsp3) is 0.333. The number of hydrogen-bond acceptors (Lipinski definition) is 1. The normalized spacial score (nSPS) is 11.2. The van der Waals surface area contributed by atoms with Crippen LogP contribution in [-0.4, -0.2) is 20.0 Å². The van der Waals surface area contributed by atoms with Crippen LogP contribution in [-0.2, 0) is 4.79 Å². The average molecular weight is 206 g/mol. The van der Waals surface area contributed by atoms with Crippen molar-refractivity contribution in [2.24, 2.45) is 0 Å². The minimum atomic E-state index is -0.0430. The summed E-state index contributed by atoms with van der Waals surface area (Å²) in [6.07, 6.45) is 0. The Bertz CT molecular complexity index is 341. The lowest BCUT2D eigenvalue weighted by Gasteiger charge is -2.26. The van der Waals surface area contributed by atoms with Crippen LogP contribution in [0.5, 0.6) is 0 Å². The lowest BCUT2D eigenvalue weighted by Crippen LogP contribution is -2.35. The molecule has 0 bridgehead atoms.